The van der Waals surface area contributed by atoms with Crippen LogP contribution in [0, 0.1) is 0 Å². The van der Waals surface area contributed by atoms with Crippen LogP contribution in [0.2, 0.25) is 0 Å². The average Bonchev–Trinajstić information content (AvgIpc) is 3.27. The van der Waals surface area contributed by atoms with E-state index < -0.39 is 0 Å². The second kappa shape index (κ2) is 8.97. The van der Waals surface area contributed by atoms with Crippen LogP contribution in [0.5, 0.6) is 0 Å². The first-order valence-corrected chi connectivity index (χ1v) is 10.7. The number of benzene rings is 3. The number of carbonyl (C=O) groups excluding carboxylic acids is 1. The van der Waals surface area contributed by atoms with E-state index in [2.05, 4.69) is 46.0 Å². The molecule has 0 saturated carbocycles. The molecule has 0 radical (unpaired) electrons. The summed E-state index contributed by atoms with van der Waals surface area (Å²) in [5.74, 6) is 0.454. The van der Waals surface area contributed by atoms with Crippen LogP contribution < -0.4 is 0 Å². The Labute approximate surface area is 192 Å². The highest BCUT2D eigenvalue weighted by Crippen LogP contribution is 2.33. The fourth-order valence-electron chi connectivity index (χ4n) is 4.03. The van der Waals surface area contributed by atoms with Crippen LogP contribution in [-0.2, 0) is 4.74 Å². The Morgan fingerprint density at radius 3 is 2.24 bits per heavy atom. The molecule has 0 aliphatic heterocycles. The van der Waals surface area contributed by atoms with Gasteiger partial charge in [-0.15, -0.1) is 0 Å². The summed E-state index contributed by atoms with van der Waals surface area (Å²) in [5.41, 5.74) is 5.72. The monoisotopic (exact) mass is 430 g/mol. The molecule has 0 saturated heterocycles. The zero-order valence-corrected chi connectivity index (χ0v) is 18.2. The largest absolute Gasteiger partial charge is 0.465 e. The van der Waals surface area contributed by atoms with Crippen molar-refractivity contribution in [1.29, 1.82) is 0 Å². The van der Waals surface area contributed by atoms with E-state index in [-0.39, 0.29) is 5.97 Å². The van der Waals surface area contributed by atoms with E-state index in [9.17, 15) is 4.79 Å². The van der Waals surface area contributed by atoms with Gasteiger partial charge in [0.25, 0.3) is 0 Å². The lowest BCUT2D eigenvalue weighted by molar-refractivity contribution is 0.0601. The van der Waals surface area contributed by atoms with Gasteiger partial charge in [0.1, 0.15) is 5.82 Å². The maximum absolute atomic E-state index is 12.2. The minimum atomic E-state index is -0.354. The molecule has 0 spiro atoms. The molecule has 0 fully saturated rings. The van der Waals surface area contributed by atoms with Crippen molar-refractivity contribution in [3.05, 3.63) is 132 Å². The van der Waals surface area contributed by atoms with Gasteiger partial charge in [-0.05, 0) is 53.6 Å². The van der Waals surface area contributed by atoms with Gasteiger partial charge in [-0.25, -0.2) is 9.78 Å². The second-order valence-electron chi connectivity index (χ2n) is 7.65. The number of esters is 1. The summed E-state index contributed by atoms with van der Waals surface area (Å²) >= 11 is 0. The van der Waals surface area contributed by atoms with E-state index in [1.54, 1.807) is 12.3 Å². The lowest BCUT2D eigenvalue weighted by atomic mass is 9.99. The highest BCUT2D eigenvalue weighted by molar-refractivity contribution is 5.99. The van der Waals surface area contributed by atoms with Crippen molar-refractivity contribution in [1.82, 2.24) is 9.55 Å². The van der Waals surface area contributed by atoms with Gasteiger partial charge in [0, 0.05) is 17.2 Å². The molecular weight excluding hydrogens is 408 g/mol. The van der Waals surface area contributed by atoms with E-state index in [1.807, 2.05) is 66.7 Å². The highest BCUT2D eigenvalue weighted by Gasteiger charge is 2.18. The van der Waals surface area contributed by atoms with E-state index >= 15 is 0 Å². The van der Waals surface area contributed by atoms with Gasteiger partial charge in [-0.1, -0.05) is 66.7 Å². The Balaban J connectivity index is 1.82. The van der Waals surface area contributed by atoms with E-state index in [1.165, 1.54) is 7.11 Å². The summed E-state index contributed by atoms with van der Waals surface area (Å²) in [6, 6.07) is 34.2. The number of carbonyl (C=O) groups is 1. The molecule has 160 valence electrons. The fourth-order valence-corrected chi connectivity index (χ4v) is 4.03. The molecule has 4 heteroatoms. The molecule has 0 aliphatic carbocycles. The Hall–Kier alpha value is -4.44. The minimum absolute atomic E-state index is 0.354. The summed E-state index contributed by atoms with van der Waals surface area (Å²) in [6.45, 7) is 0. The molecule has 5 rings (SSSR count). The van der Waals surface area contributed by atoms with Crippen LogP contribution in [0.15, 0.2) is 109 Å². The first-order valence-electron chi connectivity index (χ1n) is 10.7. The van der Waals surface area contributed by atoms with Gasteiger partial charge in [-0.3, -0.25) is 4.57 Å². The number of nitrogens with zero attached hydrogens (tertiary/aromatic N) is 2. The van der Waals surface area contributed by atoms with E-state index in [4.69, 9.17) is 4.74 Å². The average molecular weight is 431 g/mol. The Morgan fingerprint density at radius 1 is 0.818 bits per heavy atom. The topological polar surface area (TPSA) is 44.1 Å². The third-order valence-electron chi connectivity index (χ3n) is 5.57. The number of aromatic nitrogens is 2. The van der Waals surface area contributed by atoms with Gasteiger partial charge < -0.3 is 4.74 Å². The van der Waals surface area contributed by atoms with Crippen molar-refractivity contribution in [2.75, 3.05) is 7.11 Å². The molecule has 4 nitrogen and oxygen atoms in total. The van der Waals surface area contributed by atoms with Gasteiger partial charge in [0.2, 0.25) is 0 Å². The number of methoxy groups -OCH3 is 1. The lowest BCUT2D eigenvalue weighted by Crippen LogP contribution is -2.03. The predicted octanol–water partition coefficient (Wildman–Crippen LogP) is 6.40. The predicted molar refractivity (Wildman–Crippen MR) is 132 cm³/mol. The van der Waals surface area contributed by atoms with Crippen LogP contribution in [-0.4, -0.2) is 22.6 Å². The molecule has 0 bridgehead atoms. The van der Waals surface area contributed by atoms with Crippen LogP contribution in [0.4, 0.5) is 0 Å². The van der Waals surface area contributed by atoms with Crippen LogP contribution >= 0.6 is 0 Å². The third kappa shape index (κ3) is 4.06. The number of rotatable bonds is 5. The zero-order chi connectivity index (χ0) is 22.6. The number of ether oxygens (including phenoxy) is 1. The maximum Gasteiger partial charge on any atom is 0.337 e. The van der Waals surface area contributed by atoms with Crippen molar-refractivity contribution in [3.8, 4) is 5.82 Å². The van der Waals surface area contributed by atoms with Crippen molar-refractivity contribution in [2.24, 2.45) is 0 Å². The smallest absolute Gasteiger partial charge is 0.337 e. The number of hydrogen-bond acceptors (Lipinski definition) is 3. The summed E-state index contributed by atoms with van der Waals surface area (Å²) < 4.78 is 7.07. The number of hydrogen-bond donors (Lipinski definition) is 0. The molecule has 0 aliphatic rings. The van der Waals surface area contributed by atoms with Gasteiger partial charge in [0.05, 0.1) is 23.9 Å². The number of fused-ring (bicyclic) bond motifs is 1. The third-order valence-corrected chi connectivity index (χ3v) is 5.57. The Kier molecular flexibility index (Phi) is 5.56. The second-order valence-corrected chi connectivity index (χ2v) is 7.65. The first-order chi connectivity index (χ1) is 16.2. The molecule has 0 N–H and O–H groups in total. The quantitative estimate of drug-likeness (QED) is 0.239. The molecule has 2 heterocycles. The molecule has 33 heavy (non-hydrogen) atoms. The molecule has 5 aromatic rings. The van der Waals surface area contributed by atoms with Crippen LogP contribution in [0.25, 0.3) is 28.4 Å². The molecule has 3 aromatic carbocycles. The highest BCUT2D eigenvalue weighted by atomic mass is 16.5. The fraction of sp³-hybridized carbons (Fsp3) is 0.0345. The molecule has 2 aromatic heterocycles. The summed E-state index contributed by atoms with van der Waals surface area (Å²) in [6.07, 6.45) is 3.97. The molecule has 0 unspecified atom stereocenters. The summed E-state index contributed by atoms with van der Waals surface area (Å²) in [7, 11) is 1.40. The van der Waals surface area contributed by atoms with E-state index in [0.29, 0.717) is 5.56 Å². The first kappa shape index (κ1) is 20.5. The maximum atomic E-state index is 12.2. The molecule has 0 atom stereocenters. The molecule has 0 amide bonds. The van der Waals surface area contributed by atoms with Gasteiger partial charge in [0.15, 0.2) is 0 Å². The Morgan fingerprint density at radius 2 is 1.55 bits per heavy atom. The standard InChI is InChI=1S/C29H22N2O2/c1-33-29(32)23-15-16-26-24(19-23)20-27(31(26)28-14-8-9-17-30-28)25(22-12-6-3-7-13-22)18-21-10-4-2-5-11-21/h2-20H,1H3/b25-18+. The van der Waals surface area contributed by atoms with Gasteiger partial charge >= 0.3 is 5.97 Å². The van der Waals surface area contributed by atoms with Crippen molar-refractivity contribution in [3.63, 3.8) is 0 Å². The normalized spacial score (nSPS) is 11.5. The summed E-state index contributed by atoms with van der Waals surface area (Å²) in [5, 5.41) is 0.938. The summed E-state index contributed by atoms with van der Waals surface area (Å²) in [4.78, 5) is 16.8. The zero-order valence-electron chi connectivity index (χ0n) is 18.2. The van der Waals surface area contributed by atoms with Crippen LogP contribution in [0.3, 0.4) is 0 Å². The van der Waals surface area contributed by atoms with Crippen molar-refractivity contribution < 1.29 is 9.53 Å². The van der Waals surface area contributed by atoms with Crippen LogP contribution in [0.1, 0.15) is 27.2 Å². The number of pyridine rings is 1. The molecular formula is C29H22N2O2. The van der Waals surface area contributed by atoms with E-state index in [0.717, 1.165) is 39.1 Å². The van der Waals surface area contributed by atoms with Gasteiger partial charge in [-0.2, -0.15) is 0 Å². The van der Waals surface area contributed by atoms with Crippen molar-refractivity contribution in [2.45, 2.75) is 0 Å². The Bertz CT molecular complexity index is 1440. The lowest BCUT2D eigenvalue weighted by Gasteiger charge is -2.14. The van der Waals surface area contributed by atoms with Crippen molar-refractivity contribution >= 4 is 28.5 Å². The minimum Gasteiger partial charge on any atom is -0.465 e. The SMILES string of the molecule is COC(=O)c1ccc2c(c1)cc(/C(=C/c1ccccc1)c1ccccc1)n2-c1ccccn1.